The number of nitrogens with zero attached hydrogens (tertiary/aromatic N) is 3. The average molecular weight is 441 g/mol. The number of carbonyl (C=O) groups is 1. The zero-order valence-corrected chi connectivity index (χ0v) is 18.2. The first kappa shape index (κ1) is 21.2. The maximum absolute atomic E-state index is 13.8. The molecule has 4 heterocycles. The molecule has 1 saturated heterocycles. The zero-order chi connectivity index (χ0) is 21.7. The number of amides is 1. The molecule has 1 fully saturated rings. The van der Waals surface area contributed by atoms with Crippen LogP contribution in [0.2, 0.25) is 0 Å². The quantitative estimate of drug-likeness (QED) is 0.684. The van der Waals surface area contributed by atoms with Gasteiger partial charge in [-0.15, -0.1) is 11.3 Å². The predicted molar refractivity (Wildman–Crippen MR) is 111 cm³/mol. The standard InChI is InChI=1S/C21H27F3N4OS/c1-20(2,3)19(29)27-8-6-13(7-9-27)14-12-18-25-15(16-5-4-10-30-16)11-17(21(22,23)24)28(18)26-14/h4-5,10,12-13,15,17,25H,6-9,11H2,1-3H3/t15-,17+/m0/s1. The van der Waals surface area contributed by atoms with Gasteiger partial charge >= 0.3 is 6.18 Å². The second-order valence-electron chi connectivity index (χ2n) is 9.22. The molecule has 0 unspecified atom stereocenters. The number of alkyl halides is 3. The minimum absolute atomic E-state index is 0.0583. The van der Waals surface area contributed by atoms with Crippen molar-refractivity contribution in [2.24, 2.45) is 5.41 Å². The summed E-state index contributed by atoms with van der Waals surface area (Å²) in [7, 11) is 0. The van der Waals surface area contributed by atoms with Crippen LogP contribution in [-0.4, -0.2) is 39.9 Å². The van der Waals surface area contributed by atoms with Crippen LogP contribution in [0.4, 0.5) is 19.0 Å². The Morgan fingerprint density at radius 3 is 2.50 bits per heavy atom. The van der Waals surface area contributed by atoms with Gasteiger partial charge in [0.2, 0.25) is 5.91 Å². The number of likely N-dealkylation sites (tertiary alicyclic amines) is 1. The Kier molecular flexibility index (Phi) is 5.36. The van der Waals surface area contributed by atoms with Crippen LogP contribution in [-0.2, 0) is 4.79 Å². The van der Waals surface area contributed by atoms with Crippen molar-refractivity contribution >= 4 is 23.1 Å². The summed E-state index contributed by atoms with van der Waals surface area (Å²) < 4.78 is 42.5. The lowest BCUT2D eigenvalue weighted by Gasteiger charge is -2.35. The fourth-order valence-electron chi connectivity index (χ4n) is 4.32. The molecule has 5 nitrogen and oxygen atoms in total. The summed E-state index contributed by atoms with van der Waals surface area (Å²) in [5, 5.41) is 9.52. The van der Waals surface area contributed by atoms with Crippen molar-refractivity contribution < 1.29 is 18.0 Å². The number of rotatable bonds is 2. The number of thiophene rings is 1. The van der Waals surface area contributed by atoms with Gasteiger partial charge in [0, 0.05) is 41.8 Å². The maximum atomic E-state index is 13.8. The molecule has 0 saturated carbocycles. The average Bonchev–Trinajstić information content (AvgIpc) is 3.34. The van der Waals surface area contributed by atoms with Gasteiger partial charge in [-0.25, -0.2) is 4.68 Å². The molecule has 0 bridgehead atoms. The number of halogens is 3. The monoisotopic (exact) mass is 440 g/mol. The third kappa shape index (κ3) is 4.08. The largest absolute Gasteiger partial charge is 0.410 e. The smallest absolute Gasteiger partial charge is 0.363 e. The van der Waals surface area contributed by atoms with Crippen LogP contribution in [0.15, 0.2) is 23.6 Å². The molecule has 2 aliphatic heterocycles. The van der Waals surface area contributed by atoms with Crippen LogP contribution in [0.5, 0.6) is 0 Å². The number of nitrogens with one attached hydrogen (secondary N) is 1. The second-order valence-corrected chi connectivity index (χ2v) is 10.2. The number of aromatic nitrogens is 2. The first-order valence-electron chi connectivity index (χ1n) is 10.3. The van der Waals surface area contributed by atoms with E-state index in [1.54, 1.807) is 6.07 Å². The van der Waals surface area contributed by atoms with Crippen LogP contribution in [0, 0.1) is 5.41 Å². The molecular weight excluding hydrogens is 413 g/mol. The fraction of sp³-hybridized carbons (Fsp3) is 0.619. The topological polar surface area (TPSA) is 50.2 Å². The molecule has 2 aromatic rings. The van der Waals surface area contributed by atoms with E-state index in [2.05, 4.69) is 10.4 Å². The Morgan fingerprint density at radius 1 is 1.23 bits per heavy atom. The van der Waals surface area contributed by atoms with Crippen molar-refractivity contribution in [3.8, 4) is 0 Å². The van der Waals surface area contributed by atoms with E-state index in [9.17, 15) is 18.0 Å². The van der Waals surface area contributed by atoms with E-state index in [0.29, 0.717) is 37.4 Å². The van der Waals surface area contributed by atoms with Crippen molar-refractivity contribution in [2.75, 3.05) is 18.4 Å². The molecule has 30 heavy (non-hydrogen) atoms. The SMILES string of the molecule is CC(C)(C)C(=O)N1CCC(c2cc3n(n2)[C@@H](C(F)(F)F)C[C@@H](c2cccs2)N3)CC1. The molecule has 2 aliphatic rings. The Bertz CT molecular complexity index is 892. The number of carbonyl (C=O) groups excluding carboxylic acids is 1. The van der Waals surface area contributed by atoms with Gasteiger partial charge in [0.15, 0.2) is 6.04 Å². The highest BCUT2D eigenvalue weighted by Gasteiger charge is 2.47. The van der Waals surface area contributed by atoms with Gasteiger partial charge in [-0.2, -0.15) is 18.3 Å². The molecule has 2 aromatic heterocycles. The third-order valence-electron chi connectivity index (χ3n) is 5.94. The van der Waals surface area contributed by atoms with Crippen LogP contribution in [0.25, 0.3) is 0 Å². The lowest BCUT2D eigenvalue weighted by Crippen LogP contribution is -2.43. The minimum Gasteiger partial charge on any atom is -0.363 e. The Balaban J connectivity index is 1.54. The van der Waals surface area contributed by atoms with Crippen LogP contribution < -0.4 is 5.32 Å². The summed E-state index contributed by atoms with van der Waals surface area (Å²) in [6.45, 7) is 6.92. The first-order chi connectivity index (χ1) is 14.0. The zero-order valence-electron chi connectivity index (χ0n) is 17.4. The molecule has 0 aliphatic carbocycles. The molecule has 1 amide bonds. The molecule has 0 spiro atoms. The molecule has 0 radical (unpaired) electrons. The summed E-state index contributed by atoms with van der Waals surface area (Å²) in [4.78, 5) is 15.2. The highest BCUT2D eigenvalue weighted by atomic mass is 32.1. The summed E-state index contributed by atoms with van der Waals surface area (Å²) in [5.74, 6) is 0.593. The molecule has 0 aromatic carbocycles. The number of anilines is 1. The molecule has 2 atom stereocenters. The summed E-state index contributed by atoms with van der Waals surface area (Å²) >= 11 is 1.46. The number of piperidine rings is 1. The van der Waals surface area contributed by atoms with E-state index in [1.807, 2.05) is 43.2 Å². The third-order valence-corrected chi connectivity index (χ3v) is 6.92. The lowest BCUT2D eigenvalue weighted by atomic mass is 9.90. The Morgan fingerprint density at radius 2 is 1.93 bits per heavy atom. The fourth-order valence-corrected chi connectivity index (χ4v) is 5.11. The van der Waals surface area contributed by atoms with E-state index in [1.165, 1.54) is 11.3 Å². The van der Waals surface area contributed by atoms with E-state index in [-0.39, 0.29) is 24.3 Å². The number of hydrogen-bond acceptors (Lipinski definition) is 4. The van der Waals surface area contributed by atoms with Crippen LogP contribution in [0.1, 0.15) is 68.6 Å². The van der Waals surface area contributed by atoms with Crippen molar-refractivity contribution in [3.05, 3.63) is 34.2 Å². The predicted octanol–water partition coefficient (Wildman–Crippen LogP) is 5.36. The van der Waals surface area contributed by atoms with Gasteiger partial charge in [0.05, 0.1) is 11.7 Å². The maximum Gasteiger partial charge on any atom is 0.410 e. The normalized spacial score (nSPS) is 23.2. The highest BCUT2D eigenvalue weighted by molar-refractivity contribution is 7.10. The van der Waals surface area contributed by atoms with E-state index < -0.39 is 17.6 Å². The van der Waals surface area contributed by atoms with Gasteiger partial charge in [-0.1, -0.05) is 26.8 Å². The highest BCUT2D eigenvalue weighted by Crippen LogP contribution is 2.45. The molecule has 4 rings (SSSR count). The van der Waals surface area contributed by atoms with E-state index in [0.717, 1.165) is 9.56 Å². The van der Waals surface area contributed by atoms with E-state index >= 15 is 0 Å². The van der Waals surface area contributed by atoms with Gasteiger partial charge in [-0.3, -0.25) is 4.79 Å². The lowest BCUT2D eigenvalue weighted by molar-refractivity contribution is -0.173. The van der Waals surface area contributed by atoms with Crippen molar-refractivity contribution in [1.82, 2.24) is 14.7 Å². The van der Waals surface area contributed by atoms with Gasteiger partial charge in [-0.05, 0) is 24.3 Å². The number of hydrogen-bond donors (Lipinski definition) is 1. The second kappa shape index (κ2) is 7.59. The molecular formula is C21H27F3N4OS. The summed E-state index contributed by atoms with van der Waals surface area (Å²) in [6.07, 6.45) is -3.01. The van der Waals surface area contributed by atoms with Gasteiger partial charge < -0.3 is 10.2 Å². The van der Waals surface area contributed by atoms with Gasteiger partial charge in [0.25, 0.3) is 0 Å². The van der Waals surface area contributed by atoms with E-state index in [4.69, 9.17) is 0 Å². The summed E-state index contributed by atoms with van der Waals surface area (Å²) in [6, 6.07) is 3.47. The number of fused-ring (bicyclic) bond motifs is 1. The molecule has 1 N–H and O–H groups in total. The van der Waals surface area contributed by atoms with Gasteiger partial charge in [0.1, 0.15) is 5.82 Å². The minimum atomic E-state index is -4.36. The Hall–Kier alpha value is -2.03. The molecule has 9 heteroatoms. The van der Waals surface area contributed by atoms with Crippen molar-refractivity contribution in [2.45, 2.75) is 64.2 Å². The Labute approximate surface area is 178 Å². The first-order valence-corrected chi connectivity index (χ1v) is 11.2. The molecule has 164 valence electrons. The summed E-state index contributed by atoms with van der Waals surface area (Å²) in [5.41, 5.74) is 0.252. The van der Waals surface area contributed by atoms with Crippen LogP contribution >= 0.6 is 11.3 Å². The van der Waals surface area contributed by atoms with Crippen molar-refractivity contribution in [1.29, 1.82) is 0 Å². The van der Waals surface area contributed by atoms with Crippen molar-refractivity contribution in [3.63, 3.8) is 0 Å². The van der Waals surface area contributed by atoms with Crippen LogP contribution in [0.3, 0.4) is 0 Å².